The van der Waals surface area contributed by atoms with E-state index in [2.05, 4.69) is 5.32 Å². The Morgan fingerprint density at radius 3 is 2.89 bits per heavy atom. The standard InChI is InChI=1S/C15H22FNO2/c1-3-17-10(2)12-8-7-11(16)9-15(12)19-14-6-4-5-13(14)18/h7-10,13-14,17-18H,3-6H2,1-2H3. The molecule has 3 unspecified atom stereocenters. The Balaban J connectivity index is 2.19. The van der Waals surface area contributed by atoms with Gasteiger partial charge in [-0.15, -0.1) is 0 Å². The van der Waals surface area contributed by atoms with Crippen LogP contribution in [0.15, 0.2) is 18.2 Å². The summed E-state index contributed by atoms with van der Waals surface area (Å²) in [4.78, 5) is 0. The van der Waals surface area contributed by atoms with E-state index in [1.165, 1.54) is 12.1 Å². The fourth-order valence-corrected chi connectivity index (χ4v) is 2.59. The van der Waals surface area contributed by atoms with Crippen molar-refractivity contribution in [1.29, 1.82) is 0 Å². The molecule has 3 atom stereocenters. The third-order valence-corrected chi connectivity index (χ3v) is 3.65. The molecule has 2 rings (SSSR count). The van der Waals surface area contributed by atoms with E-state index < -0.39 is 6.10 Å². The normalized spacial score (nSPS) is 24.4. The molecule has 0 heterocycles. The van der Waals surface area contributed by atoms with Gasteiger partial charge in [0.1, 0.15) is 17.7 Å². The number of ether oxygens (including phenoxy) is 1. The van der Waals surface area contributed by atoms with Gasteiger partial charge < -0.3 is 15.2 Å². The number of aliphatic hydroxyl groups is 1. The minimum absolute atomic E-state index is 0.0964. The highest BCUT2D eigenvalue weighted by atomic mass is 19.1. The van der Waals surface area contributed by atoms with Crippen LogP contribution in [-0.2, 0) is 0 Å². The Hall–Kier alpha value is -1.13. The maximum Gasteiger partial charge on any atom is 0.127 e. The summed E-state index contributed by atoms with van der Waals surface area (Å²) >= 11 is 0. The summed E-state index contributed by atoms with van der Waals surface area (Å²) in [6.45, 7) is 4.89. The first kappa shape index (κ1) is 14.3. The summed E-state index contributed by atoms with van der Waals surface area (Å²) in [5, 5.41) is 13.1. The van der Waals surface area contributed by atoms with Gasteiger partial charge in [0.15, 0.2) is 0 Å². The third kappa shape index (κ3) is 3.45. The van der Waals surface area contributed by atoms with Crippen molar-refractivity contribution in [2.24, 2.45) is 0 Å². The molecule has 2 N–H and O–H groups in total. The number of hydrogen-bond acceptors (Lipinski definition) is 3. The van der Waals surface area contributed by atoms with Gasteiger partial charge >= 0.3 is 0 Å². The topological polar surface area (TPSA) is 41.5 Å². The zero-order valence-corrected chi connectivity index (χ0v) is 11.5. The van der Waals surface area contributed by atoms with Crippen LogP contribution in [0.1, 0.15) is 44.7 Å². The van der Waals surface area contributed by atoms with E-state index in [0.29, 0.717) is 5.75 Å². The molecule has 0 amide bonds. The molecule has 1 aliphatic rings. The van der Waals surface area contributed by atoms with E-state index in [1.54, 1.807) is 6.07 Å². The fourth-order valence-electron chi connectivity index (χ4n) is 2.59. The molecule has 1 aliphatic carbocycles. The minimum atomic E-state index is -0.439. The third-order valence-electron chi connectivity index (χ3n) is 3.65. The summed E-state index contributed by atoms with van der Waals surface area (Å²) in [5.74, 6) is 0.231. The first-order valence-corrected chi connectivity index (χ1v) is 6.99. The molecule has 1 aromatic rings. The van der Waals surface area contributed by atoms with E-state index in [1.807, 2.05) is 13.8 Å². The molecule has 1 fully saturated rings. The lowest BCUT2D eigenvalue weighted by molar-refractivity contribution is 0.0592. The van der Waals surface area contributed by atoms with Crippen LogP contribution < -0.4 is 10.1 Å². The largest absolute Gasteiger partial charge is 0.487 e. The van der Waals surface area contributed by atoms with Gasteiger partial charge in [-0.3, -0.25) is 0 Å². The molecule has 19 heavy (non-hydrogen) atoms. The lowest BCUT2D eigenvalue weighted by Crippen LogP contribution is -2.27. The molecular formula is C15H22FNO2. The van der Waals surface area contributed by atoms with Crippen molar-refractivity contribution in [2.75, 3.05) is 6.54 Å². The lowest BCUT2D eigenvalue weighted by Gasteiger charge is -2.22. The summed E-state index contributed by atoms with van der Waals surface area (Å²) in [6, 6.07) is 4.70. The summed E-state index contributed by atoms with van der Waals surface area (Å²) < 4.78 is 19.2. The Kier molecular flexibility index (Phi) is 4.77. The van der Waals surface area contributed by atoms with Crippen molar-refractivity contribution >= 4 is 0 Å². The monoisotopic (exact) mass is 267 g/mol. The van der Waals surface area contributed by atoms with Crippen molar-refractivity contribution in [2.45, 2.75) is 51.4 Å². The second-order valence-corrected chi connectivity index (χ2v) is 5.12. The van der Waals surface area contributed by atoms with Gasteiger partial charge in [-0.25, -0.2) is 4.39 Å². The highest BCUT2D eigenvalue weighted by Gasteiger charge is 2.28. The van der Waals surface area contributed by atoms with Crippen LogP contribution in [0.5, 0.6) is 5.75 Å². The van der Waals surface area contributed by atoms with Gasteiger partial charge in [0.05, 0.1) is 6.10 Å². The average molecular weight is 267 g/mol. The molecule has 0 radical (unpaired) electrons. The van der Waals surface area contributed by atoms with Crippen LogP contribution >= 0.6 is 0 Å². The number of rotatable bonds is 5. The molecule has 1 saturated carbocycles. The second-order valence-electron chi connectivity index (χ2n) is 5.12. The van der Waals surface area contributed by atoms with Gasteiger partial charge in [0.2, 0.25) is 0 Å². The fraction of sp³-hybridized carbons (Fsp3) is 0.600. The summed E-state index contributed by atoms with van der Waals surface area (Å²) in [5.41, 5.74) is 0.933. The highest BCUT2D eigenvalue weighted by Crippen LogP contribution is 2.30. The SMILES string of the molecule is CCNC(C)c1ccc(F)cc1OC1CCCC1O. The van der Waals surface area contributed by atoms with Crippen molar-refractivity contribution in [3.8, 4) is 5.75 Å². The van der Waals surface area contributed by atoms with Crippen molar-refractivity contribution in [1.82, 2.24) is 5.32 Å². The zero-order chi connectivity index (χ0) is 13.8. The summed E-state index contributed by atoms with van der Waals surface area (Å²) in [7, 11) is 0. The van der Waals surface area contributed by atoms with Crippen LogP contribution in [-0.4, -0.2) is 23.9 Å². The van der Waals surface area contributed by atoms with Crippen LogP contribution in [0.25, 0.3) is 0 Å². The van der Waals surface area contributed by atoms with Crippen molar-refractivity contribution in [3.05, 3.63) is 29.6 Å². The molecule has 0 bridgehead atoms. The number of aliphatic hydroxyl groups excluding tert-OH is 1. The van der Waals surface area contributed by atoms with Gasteiger partial charge in [0, 0.05) is 17.7 Å². The molecule has 106 valence electrons. The van der Waals surface area contributed by atoms with E-state index in [-0.39, 0.29) is 18.0 Å². The number of benzene rings is 1. The second kappa shape index (κ2) is 6.35. The lowest BCUT2D eigenvalue weighted by atomic mass is 10.1. The van der Waals surface area contributed by atoms with Crippen LogP contribution in [0.2, 0.25) is 0 Å². The Morgan fingerprint density at radius 2 is 2.26 bits per heavy atom. The smallest absolute Gasteiger partial charge is 0.127 e. The van der Waals surface area contributed by atoms with Crippen LogP contribution in [0, 0.1) is 5.82 Å². The molecule has 0 saturated heterocycles. The van der Waals surface area contributed by atoms with Gasteiger partial charge in [-0.2, -0.15) is 0 Å². The Morgan fingerprint density at radius 1 is 1.47 bits per heavy atom. The summed E-state index contributed by atoms with van der Waals surface area (Å²) in [6.07, 6.45) is 1.89. The zero-order valence-electron chi connectivity index (χ0n) is 11.5. The predicted molar refractivity (Wildman–Crippen MR) is 72.8 cm³/mol. The van der Waals surface area contributed by atoms with E-state index in [9.17, 15) is 9.50 Å². The van der Waals surface area contributed by atoms with E-state index >= 15 is 0 Å². The number of hydrogen-bond donors (Lipinski definition) is 2. The molecular weight excluding hydrogens is 245 g/mol. The first-order chi connectivity index (χ1) is 9.11. The molecule has 1 aromatic carbocycles. The van der Waals surface area contributed by atoms with Crippen molar-refractivity contribution in [3.63, 3.8) is 0 Å². The van der Waals surface area contributed by atoms with Gasteiger partial charge in [0.25, 0.3) is 0 Å². The Labute approximate surface area is 113 Å². The first-order valence-electron chi connectivity index (χ1n) is 6.99. The van der Waals surface area contributed by atoms with E-state index in [4.69, 9.17) is 4.74 Å². The predicted octanol–water partition coefficient (Wildman–Crippen LogP) is 2.79. The average Bonchev–Trinajstić information content (AvgIpc) is 2.75. The van der Waals surface area contributed by atoms with E-state index in [0.717, 1.165) is 31.4 Å². The van der Waals surface area contributed by atoms with Crippen LogP contribution in [0.4, 0.5) is 4.39 Å². The molecule has 0 spiro atoms. The van der Waals surface area contributed by atoms with Gasteiger partial charge in [-0.05, 0) is 38.8 Å². The number of nitrogens with one attached hydrogen (secondary N) is 1. The molecule has 4 heteroatoms. The van der Waals surface area contributed by atoms with Crippen LogP contribution in [0.3, 0.4) is 0 Å². The highest BCUT2D eigenvalue weighted by molar-refractivity contribution is 5.36. The molecule has 0 aromatic heterocycles. The quantitative estimate of drug-likeness (QED) is 0.862. The Bertz CT molecular complexity index is 425. The molecule has 3 nitrogen and oxygen atoms in total. The molecule has 0 aliphatic heterocycles. The van der Waals surface area contributed by atoms with Gasteiger partial charge in [-0.1, -0.05) is 13.0 Å². The minimum Gasteiger partial charge on any atom is -0.487 e. The van der Waals surface area contributed by atoms with Crippen molar-refractivity contribution < 1.29 is 14.2 Å². The maximum atomic E-state index is 13.4. The number of halogens is 1. The maximum absolute atomic E-state index is 13.4.